The molecule has 0 aliphatic heterocycles. The molecule has 0 aromatic rings. The highest BCUT2D eigenvalue weighted by molar-refractivity contribution is 5.82. The summed E-state index contributed by atoms with van der Waals surface area (Å²) in [6.07, 6.45) is -4.61. The standard InChI is InChI=1S/C9H15F3N2O4/c1-6(7(16)17)13(2)8(18)14(3-4-15)5-9(10,11)12/h6,15H,3-5H2,1-2H3,(H,16,17). The number of carboxylic acid groups (broad SMARTS) is 1. The van der Waals surface area contributed by atoms with Gasteiger partial charge in [-0.3, -0.25) is 0 Å². The average Bonchev–Trinajstić information content (AvgIpc) is 2.23. The monoisotopic (exact) mass is 272 g/mol. The first kappa shape index (κ1) is 16.5. The lowest BCUT2D eigenvalue weighted by molar-refractivity contribution is -0.144. The number of carboxylic acids is 1. The van der Waals surface area contributed by atoms with Crippen molar-refractivity contribution in [1.82, 2.24) is 9.80 Å². The minimum Gasteiger partial charge on any atom is -0.480 e. The smallest absolute Gasteiger partial charge is 0.406 e. The summed E-state index contributed by atoms with van der Waals surface area (Å²) in [6, 6.07) is -2.36. The molecule has 0 radical (unpaired) electrons. The number of aliphatic hydroxyl groups excluding tert-OH is 1. The zero-order chi connectivity index (χ0) is 14.5. The molecule has 2 amide bonds. The van der Waals surface area contributed by atoms with Crippen molar-refractivity contribution >= 4 is 12.0 Å². The molecule has 0 spiro atoms. The third kappa shape index (κ3) is 5.21. The van der Waals surface area contributed by atoms with E-state index in [4.69, 9.17) is 10.2 Å². The third-order valence-corrected chi connectivity index (χ3v) is 2.25. The number of halogens is 3. The minimum atomic E-state index is -4.61. The van der Waals surface area contributed by atoms with Crippen molar-refractivity contribution in [3.05, 3.63) is 0 Å². The zero-order valence-electron chi connectivity index (χ0n) is 9.94. The van der Waals surface area contributed by atoms with Crippen molar-refractivity contribution in [2.24, 2.45) is 0 Å². The van der Waals surface area contributed by atoms with Gasteiger partial charge in [0.1, 0.15) is 12.6 Å². The van der Waals surface area contributed by atoms with E-state index in [1.807, 2.05) is 0 Å². The molecule has 18 heavy (non-hydrogen) atoms. The fourth-order valence-corrected chi connectivity index (χ4v) is 1.13. The van der Waals surface area contributed by atoms with Crippen LogP contribution in [0.1, 0.15) is 6.92 Å². The number of hydrogen-bond donors (Lipinski definition) is 2. The van der Waals surface area contributed by atoms with Crippen LogP contribution in [0.3, 0.4) is 0 Å². The number of hydrogen-bond acceptors (Lipinski definition) is 3. The van der Waals surface area contributed by atoms with E-state index in [0.717, 1.165) is 7.05 Å². The zero-order valence-corrected chi connectivity index (χ0v) is 9.94. The number of amides is 2. The normalized spacial score (nSPS) is 13.0. The van der Waals surface area contributed by atoms with Gasteiger partial charge in [0.25, 0.3) is 0 Å². The number of rotatable bonds is 5. The fourth-order valence-electron chi connectivity index (χ4n) is 1.13. The van der Waals surface area contributed by atoms with Crippen LogP contribution in [0.5, 0.6) is 0 Å². The van der Waals surface area contributed by atoms with Crippen molar-refractivity contribution in [3.63, 3.8) is 0 Å². The Morgan fingerprint density at radius 2 is 1.83 bits per heavy atom. The Hall–Kier alpha value is -1.51. The number of aliphatic hydroxyl groups is 1. The molecule has 0 aromatic heterocycles. The van der Waals surface area contributed by atoms with Gasteiger partial charge in [-0.25, -0.2) is 9.59 Å². The van der Waals surface area contributed by atoms with Gasteiger partial charge in [-0.2, -0.15) is 13.2 Å². The maximum absolute atomic E-state index is 12.2. The Morgan fingerprint density at radius 3 is 2.17 bits per heavy atom. The van der Waals surface area contributed by atoms with Crippen LogP contribution in [-0.2, 0) is 4.79 Å². The Kier molecular flexibility index (Phi) is 5.89. The molecule has 0 aromatic carbocycles. The van der Waals surface area contributed by atoms with E-state index in [1.165, 1.54) is 6.92 Å². The molecule has 0 fully saturated rings. The SMILES string of the molecule is CC(C(=O)O)N(C)C(=O)N(CCO)CC(F)(F)F. The number of carbonyl (C=O) groups excluding carboxylic acids is 1. The third-order valence-electron chi connectivity index (χ3n) is 2.25. The molecule has 0 bridgehead atoms. The number of carbonyl (C=O) groups is 2. The lowest BCUT2D eigenvalue weighted by Crippen LogP contribution is -2.51. The highest BCUT2D eigenvalue weighted by Gasteiger charge is 2.35. The summed E-state index contributed by atoms with van der Waals surface area (Å²) in [6.45, 7) is -1.53. The summed E-state index contributed by atoms with van der Waals surface area (Å²) in [4.78, 5) is 23.3. The van der Waals surface area contributed by atoms with Crippen LogP contribution in [0.15, 0.2) is 0 Å². The van der Waals surface area contributed by atoms with Crippen LogP contribution in [-0.4, -0.2) is 71.0 Å². The number of aliphatic carboxylic acids is 1. The molecular formula is C9H15F3N2O4. The average molecular weight is 272 g/mol. The number of likely N-dealkylation sites (N-methyl/N-ethyl adjacent to an activating group) is 1. The van der Waals surface area contributed by atoms with E-state index in [0.29, 0.717) is 9.80 Å². The second-order valence-corrected chi connectivity index (χ2v) is 3.67. The first-order valence-corrected chi connectivity index (χ1v) is 5.02. The molecular weight excluding hydrogens is 257 g/mol. The van der Waals surface area contributed by atoms with Crippen LogP contribution < -0.4 is 0 Å². The van der Waals surface area contributed by atoms with E-state index < -0.39 is 43.9 Å². The Balaban J connectivity index is 4.80. The molecule has 0 heterocycles. The van der Waals surface area contributed by atoms with E-state index >= 15 is 0 Å². The molecule has 1 unspecified atom stereocenters. The first-order chi connectivity index (χ1) is 8.10. The maximum Gasteiger partial charge on any atom is 0.406 e. The van der Waals surface area contributed by atoms with Crippen molar-refractivity contribution in [2.45, 2.75) is 19.1 Å². The van der Waals surface area contributed by atoms with Gasteiger partial charge in [-0.1, -0.05) is 0 Å². The fraction of sp³-hybridized carbons (Fsp3) is 0.778. The largest absolute Gasteiger partial charge is 0.480 e. The number of urea groups is 1. The van der Waals surface area contributed by atoms with Gasteiger partial charge in [-0.15, -0.1) is 0 Å². The Bertz CT molecular complexity index is 309. The molecule has 0 saturated carbocycles. The second kappa shape index (κ2) is 6.43. The van der Waals surface area contributed by atoms with E-state index in [1.54, 1.807) is 0 Å². The van der Waals surface area contributed by atoms with Crippen molar-refractivity contribution in [2.75, 3.05) is 26.7 Å². The van der Waals surface area contributed by atoms with Crippen molar-refractivity contribution in [1.29, 1.82) is 0 Å². The molecule has 0 rings (SSSR count). The highest BCUT2D eigenvalue weighted by atomic mass is 19.4. The Labute approximate surface area is 102 Å². The van der Waals surface area contributed by atoms with E-state index in [9.17, 15) is 22.8 Å². The number of alkyl halides is 3. The van der Waals surface area contributed by atoms with Gasteiger partial charge < -0.3 is 20.0 Å². The molecule has 106 valence electrons. The van der Waals surface area contributed by atoms with E-state index in [2.05, 4.69) is 0 Å². The lowest BCUT2D eigenvalue weighted by Gasteiger charge is -2.30. The van der Waals surface area contributed by atoms with Crippen LogP contribution in [0.2, 0.25) is 0 Å². The highest BCUT2D eigenvalue weighted by Crippen LogP contribution is 2.17. The van der Waals surface area contributed by atoms with Crippen molar-refractivity contribution in [3.8, 4) is 0 Å². The Morgan fingerprint density at radius 1 is 1.33 bits per heavy atom. The summed E-state index contributed by atoms with van der Waals surface area (Å²) in [5.74, 6) is -1.33. The molecule has 9 heteroatoms. The minimum absolute atomic E-state index is 0.347. The van der Waals surface area contributed by atoms with Gasteiger partial charge in [0.15, 0.2) is 0 Å². The van der Waals surface area contributed by atoms with Crippen LogP contribution >= 0.6 is 0 Å². The van der Waals surface area contributed by atoms with Crippen LogP contribution in [0.4, 0.5) is 18.0 Å². The van der Waals surface area contributed by atoms with Gasteiger partial charge in [0.2, 0.25) is 0 Å². The molecule has 2 N–H and O–H groups in total. The van der Waals surface area contributed by atoms with Gasteiger partial charge >= 0.3 is 18.2 Å². The van der Waals surface area contributed by atoms with Gasteiger partial charge in [-0.05, 0) is 6.92 Å². The topological polar surface area (TPSA) is 81.1 Å². The van der Waals surface area contributed by atoms with Gasteiger partial charge in [0.05, 0.1) is 6.61 Å². The summed E-state index contributed by atoms with van der Waals surface area (Å²) < 4.78 is 36.6. The van der Waals surface area contributed by atoms with E-state index in [-0.39, 0.29) is 0 Å². The second-order valence-electron chi connectivity index (χ2n) is 3.67. The summed E-state index contributed by atoms with van der Waals surface area (Å²) >= 11 is 0. The first-order valence-electron chi connectivity index (χ1n) is 5.02. The summed E-state index contributed by atoms with van der Waals surface area (Å²) in [7, 11) is 1.09. The van der Waals surface area contributed by atoms with Crippen LogP contribution in [0, 0.1) is 0 Å². The molecule has 1 atom stereocenters. The lowest BCUT2D eigenvalue weighted by atomic mass is 10.3. The molecule has 0 saturated heterocycles. The van der Waals surface area contributed by atoms with Crippen LogP contribution in [0.25, 0.3) is 0 Å². The van der Waals surface area contributed by atoms with Gasteiger partial charge in [0, 0.05) is 13.6 Å². The van der Waals surface area contributed by atoms with Crippen molar-refractivity contribution < 1.29 is 33.0 Å². The summed E-state index contributed by atoms with van der Waals surface area (Å²) in [5, 5.41) is 17.3. The number of nitrogens with zero attached hydrogens (tertiary/aromatic N) is 2. The predicted octanol–water partition coefficient (Wildman–Crippen LogP) is 0.368. The maximum atomic E-state index is 12.2. The predicted molar refractivity (Wildman–Crippen MR) is 55.0 cm³/mol. The quantitative estimate of drug-likeness (QED) is 0.757. The molecule has 0 aliphatic carbocycles. The molecule has 6 nitrogen and oxygen atoms in total. The summed E-state index contributed by atoms with van der Waals surface area (Å²) in [5.41, 5.74) is 0. The molecule has 0 aliphatic rings.